The Morgan fingerprint density at radius 3 is 2.44 bits per heavy atom. The summed E-state index contributed by atoms with van der Waals surface area (Å²) in [4.78, 5) is 0. The molecule has 0 saturated carbocycles. The van der Waals surface area contributed by atoms with Gasteiger partial charge in [-0.15, -0.1) is 0 Å². The van der Waals surface area contributed by atoms with Gasteiger partial charge in [-0.05, 0) is 18.8 Å². The third-order valence-corrected chi connectivity index (χ3v) is 4.71. The molecule has 1 atom stereocenters. The lowest BCUT2D eigenvalue weighted by Gasteiger charge is -2.31. The van der Waals surface area contributed by atoms with Gasteiger partial charge < -0.3 is 0 Å². The summed E-state index contributed by atoms with van der Waals surface area (Å²) in [6, 6.07) is 0. The van der Waals surface area contributed by atoms with Crippen molar-refractivity contribution < 1.29 is 25.6 Å². The first kappa shape index (κ1) is 15.7. The summed E-state index contributed by atoms with van der Waals surface area (Å²) in [5.41, 5.74) is 0. The average molecular weight is 307 g/mol. The molecular formula is C7H15F2N3O4S2. The molecule has 1 rings (SSSR count). The van der Waals surface area contributed by atoms with Gasteiger partial charge in [0.25, 0.3) is 20.2 Å². The summed E-state index contributed by atoms with van der Waals surface area (Å²) in [7, 11) is -8.45. The van der Waals surface area contributed by atoms with E-state index in [-0.39, 0.29) is 25.6 Å². The molecular weight excluding hydrogens is 292 g/mol. The predicted molar refractivity (Wildman–Crippen MR) is 60.3 cm³/mol. The van der Waals surface area contributed by atoms with Crippen LogP contribution in [0.15, 0.2) is 0 Å². The van der Waals surface area contributed by atoms with Crippen LogP contribution in [-0.2, 0) is 20.2 Å². The van der Waals surface area contributed by atoms with Gasteiger partial charge in [0.05, 0.1) is 0 Å². The van der Waals surface area contributed by atoms with Crippen LogP contribution in [0.2, 0.25) is 0 Å². The lowest BCUT2D eigenvalue weighted by atomic mass is 10.0. The lowest BCUT2D eigenvalue weighted by molar-refractivity contribution is 0.201. The number of sulfonamides is 1. The van der Waals surface area contributed by atoms with E-state index < -0.39 is 26.0 Å². The molecule has 0 aliphatic carbocycles. The summed E-state index contributed by atoms with van der Waals surface area (Å²) in [5, 5.41) is 4.73. The minimum atomic E-state index is -4.60. The van der Waals surface area contributed by atoms with Gasteiger partial charge in [0, 0.05) is 19.6 Å². The zero-order valence-electron chi connectivity index (χ0n) is 9.42. The maximum atomic E-state index is 12.3. The number of piperidine rings is 1. The number of nitrogens with zero attached hydrogens (tertiary/aromatic N) is 1. The first-order valence-electron chi connectivity index (χ1n) is 5.17. The van der Waals surface area contributed by atoms with Crippen molar-refractivity contribution in [3.63, 3.8) is 0 Å². The van der Waals surface area contributed by atoms with Gasteiger partial charge in [-0.3, -0.25) is 0 Å². The van der Waals surface area contributed by atoms with Crippen LogP contribution < -0.4 is 9.86 Å². The zero-order chi connectivity index (χ0) is 14.0. The molecule has 11 heteroatoms. The van der Waals surface area contributed by atoms with Crippen molar-refractivity contribution in [1.82, 2.24) is 9.03 Å². The largest absolute Gasteiger partial charge is 0.350 e. The Morgan fingerprint density at radius 1 is 1.33 bits per heavy atom. The van der Waals surface area contributed by atoms with Crippen molar-refractivity contribution >= 4 is 20.2 Å². The topological polar surface area (TPSA) is 110 Å². The molecule has 0 aromatic carbocycles. The van der Waals surface area contributed by atoms with Gasteiger partial charge in [0.2, 0.25) is 0 Å². The van der Waals surface area contributed by atoms with Gasteiger partial charge in [-0.1, -0.05) is 0 Å². The highest BCUT2D eigenvalue weighted by Crippen LogP contribution is 2.21. The molecule has 1 aliphatic heterocycles. The second-order valence-electron chi connectivity index (χ2n) is 4.07. The van der Waals surface area contributed by atoms with Crippen LogP contribution in [0.3, 0.4) is 0 Å². The molecule has 0 aromatic heterocycles. The fourth-order valence-corrected chi connectivity index (χ4v) is 3.27. The summed E-state index contributed by atoms with van der Waals surface area (Å²) < 4.78 is 71.2. The third kappa shape index (κ3) is 4.39. The zero-order valence-corrected chi connectivity index (χ0v) is 11.1. The van der Waals surface area contributed by atoms with E-state index >= 15 is 0 Å². The molecule has 0 radical (unpaired) electrons. The molecule has 1 saturated heterocycles. The standard InChI is InChI=1S/C7H15F2N3O4S2/c8-7(9)17(13,14)12-3-1-2-6(5-12)4-11-18(10,15)16/h6-7,11H,1-5H2,(H2,10,15,16). The summed E-state index contributed by atoms with van der Waals surface area (Å²) >= 11 is 0. The Morgan fingerprint density at radius 2 is 1.94 bits per heavy atom. The molecule has 0 spiro atoms. The Labute approximate surface area is 105 Å². The normalized spacial score (nSPS) is 23.4. The van der Waals surface area contributed by atoms with Crippen molar-refractivity contribution in [2.45, 2.75) is 18.6 Å². The Balaban J connectivity index is 2.62. The number of nitrogens with two attached hydrogens (primary N) is 1. The highest BCUT2D eigenvalue weighted by atomic mass is 32.2. The SMILES string of the molecule is NS(=O)(=O)NCC1CCCN(S(=O)(=O)C(F)F)C1. The van der Waals surface area contributed by atoms with E-state index in [1.165, 1.54) is 0 Å². The number of nitrogens with one attached hydrogen (secondary N) is 1. The minimum Gasteiger partial charge on any atom is -0.216 e. The van der Waals surface area contributed by atoms with Crippen LogP contribution >= 0.6 is 0 Å². The van der Waals surface area contributed by atoms with Crippen LogP contribution in [0.1, 0.15) is 12.8 Å². The van der Waals surface area contributed by atoms with E-state index in [4.69, 9.17) is 5.14 Å². The van der Waals surface area contributed by atoms with Crippen molar-refractivity contribution in [1.29, 1.82) is 0 Å². The van der Waals surface area contributed by atoms with Crippen LogP contribution in [0.5, 0.6) is 0 Å². The molecule has 3 N–H and O–H groups in total. The fraction of sp³-hybridized carbons (Fsp3) is 1.00. The first-order valence-corrected chi connectivity index (χ1v) is 8.22. The molecule has 0 aromatic rings. The quantitative estimate of drug-likeness (QED) is 0.682. The Bertz CT molecular complexity index is 479. The molecule has 7 nitrogen and oxygen atoms in total. The minimum absolute atomic E-state index is 0.0263. The van der Waals surface area contributed by atoms with Gasteiger partial charge >= 0.3 is 5.76 Å². The van der Waals surface area contributed by atoms with Crippen LogP contribution in [0.25, 0.3) is 0 Å². The number of rotatable bonds is 5. The summed E-state index contributed by atoms with van der Waals surface area (Å²) in [5.74, 6) is -3.81. The molecule has 1 unspecified atom stereocenters. The van der Waals surface area contributed by atoms with Crippen LogP contribution in [0, 0.1) is 5.92 Å². The lowest BCUT2D eigenvalue weighted by Crippen LogP contribution is -2.46. The molecule has 0 amide bonds. The summed E-state index contributed by atoms with van der Waals surface area (Å²) in [6.45, 7) is -0.165. The van der Waals surface area contributed by atoms with Crippen molar-refractivity contribution in [3.05, 3.63) is 0 Å². The van der Waals surface area contributed by atoms with Crippen LogP contribution in [-0.4, -0.2) is 46.5 Å². The molecule has 108 valence electrons. The maximum Gasteiger partial charge on any atom is 0.350 e. The van der Waals surface area contributed by atoms with E-state index in [1.807, 2.05) is 4.72 Å². The van der Waals surface area contributed by atoms with Crippen molar-refractivity contribution in [2.75, 3.05) is 19.6 Å². The number of halogens is 2. The third-order valence-electron chi connectivity index (χ3n) is 2.64. The van der Waals surface area contributed by atoms with E-state index in [9.17, 15) is 25.6 Å². The van der Waals surface area contributed by atoms with Gasteiger partial charge in [-0.25, -0.2) is 18.3 Å². The first-order chi connectivity index (χ1) is 8.13. The van der Waals surface area contributed by atoms with Crippen LogP contribution in [0.4, 0.5) is 8.78 Å². The summed E-state index contributed by atoms with van der Waals surface area (Å²) in [6.07, 6.45) is 0.959. The smallest absolute Gasteiger partial charge is 0.216 e. The monoisotopic (exact) mass is 307 g/mol. The molecule has 1 heterocycles. The number of hydrogen-bond donors (Lipinski definition) is 2. The molecule has 18 heavy (non-hydrogen) atoms. The van der Waals surface area contributed by atoms with Gasteiger partial charge in [0.15, 0.2) is 0 Å². The van der Waals surface area contributed by atoms with E-state index in [2.05, 4.69) is 0 Å². The molecule has 1 fully saturated rings. The van der Waals surface area contributed by atoms with Gasteiger partial charge in [0.1, 0.15) is 0 Å². The Hall–Kier alpha value is -0.360. The molecule has 1 aliphatic rings. The second-order valence-corrected chi connectivity index (χ2v) is 7.35. The maximum absolute atomic E-state index is 12.3. The van der Waals surface area contributed by atoms with Gasteiger partial charge in [-0.2, -0.15) is 21.5 Å². The number of hydrogen-bond acceptors (Lipinski definition) is 4. The van der Waals surface area contributed by atoms with Crippen molar-refractivity contribution in [3.8, 4) is 0 Å². The second kappa shape index (κ2) is 5.74. The van der Waals surface area contributed by atoms with Crippen molar-refractivity contribution in [2.24, 2.45) is 11.1 Å². The fourth-order valence-electron chi connectivity index (χ4n) is 1.77. The highest BCUT2D eigenvalue weighted by Gasteiger charge is 2.35. The number of alkyl halides is 2. The van der Waals surface area contributed by atoms with E-state index in [0.29, 0.717) is 17.1 Å². The Kier molecular flexibility index (Phi) is 5.00. The molecule has 0 bridgehead atoms. The predicted octanol–water partition coefficient (Wildman–Crippen LogP) is -0.956. The highest BCUT2D eigenvalue weighted by molar-refractivity contribution is 7.89. The van der Waals surface area contributed by atoms with E-state index in [0.717, 1.165) is 0 Å². The average Bonchev–Trinajstić information content (AvgIpc) is 2.25. The van der Waals surface area contributed by atoms with E-state index in [1.54, 1.807) is 0 Å².